The monoisotopic (exact) mass is 496 g/mol. The van der Waals surface area contributed by atoms with Crippen molar-refractivity contribution in [3.05, 3.63) is 95.0 Å². The van der Waals surface area contributed by atoms with Crippen LogP contribution in [0.5, 0.6) is 0 Å². The summed E-state index contributed by atoms with van der Waals surface area (Å²) in [7, 11) is -3.93. The lowest BCUT2D eigenvalue weighted by Gasteiger charge is -2.34. The number of aryl methyl sites for hydroxylation is 1. The number of hydrogen-bond acceptors (Lipinski definition) is 3. The van der Waals surface area contributed by atoms with Gasteiger partial charge in [-0.25, -0.2) is 8.42 Å². The lowest BCUT2D eigenvalue weighted by molar-refractivity contribution is -0.130. The molecule has 0 atom stereocenters. The molecule has 0 aromatic heterocycles. The van der Waals surface area contributed by atoms with Crippen LogP contribution in [0.2, 0.25) is 5.02 Å². The highest BCUT2D eigenvalue weighted by atomic mass is 35.5. The van der Waals surface area contributed by atoms with Crippen molar-refractivity contribution in [1.29, 1.82) is 0 Å². The predicted octanol–water partition coefficient (Wildman–Crippen LogP) is 5.33. The van der Waals surface area contributed by atoms with Gasteiger partial charge in [0.05, 0.1) is 10.6 Å². The van der Waals surface area contributed by atoms with Gasteiger partial charge in [0.15, 0.2) is 0 Å². The van der Waals surface area contributed by atoms with E-state index in [-0.39, 0.29) is 17.3 Å². The van der Waals surface area contributed by atoms with Crippen molar-refractivity contribution in [2.75, 3.05) is 23.9 Å². The number of piperidine rings is 1. The number of hydrogen-bond donors (Lipinski definition) is 0. The summed E-state index contributed by atoms with van der Waals surface area (Å²) in [5.74, 6) is 0.332. The van der Waals surface area contributed by atoms with Gasteiger partial charge in [-0.3, -0.25) is 9.10 Å². The van der Waals surface area contributed by atoms with E-state index < -0.39 is 10.0 Å². The summed E-state index contributed by atoms with van der Waals surface area (Å²) in [5, 5.41) is 0.503. The molecular formula is C27H29ClN2O3S. The molecule has 0 bridgehead atoms. The Balaban J connectivity index is 1.48. The molecule has 1 aliphatic heterocycles. The average Bonchev–Trinajstić information content (AvgIpc) is 2.84. The predicted molar refractivity (Wildman–Crippen MR) is 137 cm³/mol. The zero-order valence-corrected chi connectivity index (χ0v) is 20.8. The number of amides is 1. The molecule has 0 N–H and O–H groups in total. The first kappa shape index (κ1) is 24.3. The van der Waals surface area contributed by atoms with Gasteiger partial charge < -0.3 is 4.90 Å². The second-order valence-electron chi connectivity index (χ2n) is 8.82. The van der Waals surface area contributed by atoms with E-state index in [2.05, 4.69) is 12.1 Å². The quantitative estimate of drug-likeness (QED) is 0.444. The lowest BCUT2D eigenvalue weighted by Crippen LogP contribution is -2.46. The molecular weight excluding hydrogens is 468 g/mol. The number of sulfonamides is 1. The van der Waals surface area contributed by atoms with Crippen molar-refractivity contribution < 1.29 is 13.2 Å². The third-order valence-corrected chi connectivity index (χ3v) is 8.38. The van der Waals surface area contributed by atoms with E-state index in [1.807, 2.05) is 25.1 Å². The van der Waals surface area contributed by atoms with E-state index in [4.69, 9.17) is 11.6 Å². The molecule has 0 radical (unpaired) electrons. The van der Waals surface area contributed by atoms with Crippen LogP contribution in [0.3, 0.4) is 0 Å². The number of benzene rings is 3. The van der Waals surface area contributed by atoms with Gasteiger partial charge in [0.25, 0.3) is 10.0 Å². The molecule has 1 amide bonds. The van der Waals surface area contributed by atoms with Crippen LogP contribution in [0.25, 0.3) is 0 Å². The summed E-state index contributed by atoms with van der Waals surface area (Å²) < 4.78 is 28.2. The minimum Gasteiger partial charge on any atom is -0.341 e. The van der Waals surface area contributed by atoms with Crippen LogP contribution >= 0.6 is 11.6 Å². The van der Waals surface area contributed by atoms with E-state index in [1.54, 1.807) is 53.4 Å². The Hall–Kier alpha value is -2.83. The molecule has 1 fully saturated rings. The highest BCUT2D eigenvalue weighted by Gasteiger charge is 2.30. The minimum absolute atomic E-state index is 0.155. The Morgan fingerprint density at radius 3 is 2.18 bits per heavy atom. The van der Waals surface area contributed by atoms with Gasteiger partial charge in [0.2, 0.25) is 5.91 Å². The molecule has 3 aromatic carbocycles. The fourth-order valence-corrected chi connectivity index (χ4v) is 5.86. The van der Waals surface area contributed by atoms with Gasteiger partial charge in [0, 0.05) is 18.1 Å². The van der Waals surface area contributed by atoms with Crippen molar-refractivity contribution in [3.8, 4) is 0 Å². The van der Waals surface area contributed by atoms with Gasteiger partial charge in [-0.15, -0.1) is 0 Å². The van der Waals surface area contributed by atoms with Crippen LogP contribution < -0.4 is 4.31 Å². The highest BCUT2D eigenvalue weighted by Crippen LogP contribution is 2.27. The Labute approximate surface area is 207 Å². The topological polar surface area (TPSA) is 57.7 Å². The molecule has 1 heterocycles. The number of likely N-dealkylation sites (tertiary alicyclic amines) is 1. The largest absolute Gasteiger partial charge is 0.341 e. The number of nitrogens with zero attached hydrogens (tertiary/aromatic N) is 2. The van der Waals surface area contributed by atoms with Crippen LogP contribution in [0, 0.1) is 12.8 Å². The van der Waals surface area contributed by atoms with Crippen LogP contribution in [-0.2, 0) is 21.2 Å². The molecule has 0 unspecified atom stereocenters. The van der Waals surface area contributed by atoms with E-state index in [1.165, 1.54) is 9.87 Å². The Bertz CT molecular complexity index is 1200. The smallest absolute Gasteiger partial charge is 0.264 e. The third-order valence-electron chi connectivity index (χ3n) is 6.34. The fraction of sp³-hybridized carbons (Fsp3) is 0.296. The second-order valence-corrected chi connectivity index (χ2v) is 11.1. The van der Waals surface area contributed by atoms with Gasteiger partial charge in [-0.05, 0) is 74.1 Å². The van der Waals surface area contributed by atoms with Crippen molar-refractivity contribution in [2.24, 2.45) is 5.92 Å². The SMILES string of the molecule is Cc1ccc(S(=O)(=O)N(CC(=O)N2CCC(Cc3ccccc3)CC2)c2ccc(Cl)cc2)cc1. The summed E-state index contributed by atoms with van der Waals surface area (Å²) in [5.41, 5.74) is 2.69. The lowest BCUT2D eigenvalue weighted by atomic mass is 9.90. The van der Waals surface area contributed by atoms with Crippen molar-refractivity contribution in [2.45, 2.75) is 31.1 Å². The van der Waals surface area contributed by atoms with Crippen molar-refractivity contribution in [3.63, 3.8) is 0 Å². The standard InChI is InChI=1S/C27H29ClN2O3S/c1-21-7-13-26(14-8-21)34(32,33)30(25-11-9-24(28)10-12-25)20-27(31)29-17-15-23(16-18-29)19-22-5-3-2-4-6-22/h2-14,23H,15-20H2,1H3. The molecule has 7 heteroatoms. The maximum absolute atomic E-state index is 13.5. The van der Waals surface area contributed by atoms with Crippen LogP contribution in [0.1, 0.15) is 24.0 Å². The van der Waals surface area contributed by atoms with Crippen LogP contribution in [0.4, 0.5) is 5.69 Å². The molecule has 34 heavy (non-hydrogen) atoms. The normalized spacial score (nSPS) is 14.7. The Morgan fingerprint density at radius 1 is 0.941 bits per heavy atom. The van der Waals surface area contributed by atoms with E-state index in [0.29, 0.717) is 29.7 Å². The molecule has 1 saturated heterocycles. The Morgan fingerprint density at radius 2 is 1.56 bits per heavy atom. The molecule has 4 rings (SSSR count). The zero-order valence-electron chi connectivity index (χ0n) is 19.2. The molecule has 3 aromatic rings. The molecule has 1 aliphatic rings. The first-order valence-corrected chi connectivity index (χ1v) is 13.3. The molecule has 178 valence electrons. The number of carbonyl (C=O) groups excluding carboxylic acids is 1. The third kappa shape index (κ3) is 5.80. The number of halogens is 1. The molecule has 0 spiro atoms. The average molecular weight is 497 g/mol. The van der Waals surface area contributed by atoms with E-state index in [9.17, 15) is 13.2 Å². The molecule has 5 nitrogen and oxygen atoms in total. The Kier molecular flexibility index (Phi) is 7.59. The highest BCUT2D eigenvalue weighted by molar-refractivity contribution is 7.92. The first-order chi connectivity index (χ1) is 16.3. The molecule has 0 aliphatic carbocycles. The second kappa shape index (κ2) is 10.6. The zero-order chi connectivity index (χ0) is 24.1. The summed E-state index contributed by atoms with van der Waals surface area (Å²) in [6.45, 7) is 2.92. The summed E-state index contributed by atoms with van der Waals surface area (Å²) in [6, 6.07) is 23.6. The first-order valence-electron chi connectivity index (χ1n) is 11.5. The maximum Gasteiger partial charge on any atom is 0.264 e. The van der Waals surface area contributed by atoms with Gasteiger partial charge in [-0.1, -0.05) is 59.6 Å². The fourth-order valence-electron chi connectivity index (χ4n) is 4.32. The van der Waals surface area contributed by atoms with Crippen molar-refractivity contribution >= 4 is 33.2 Å². The van der Waals surface area contributed by atoms with Crippen molar-refractivity contribution in [1.82, 2.24) is 4.90 Å². The summed E-state index contributed by atoms with van der Waals surface area (Å²) in [4.78, 5) is 15.2. The minimum atomic E-state index is -3.93. The number of carbonyl (C=O) groups is 1. The number of rotatable bonds is 7. The van der Waals surface area contributed by atoms with Gasteiger partial charge in [0.1, 0.15) is 6.54 Å². The summed E-state index contributed by atoms with van der Waals surface area (Å²) >= 11 is 6.02. The van der Waals surface area contributed by atoms with Crippen LogP contribution in [0.15, 0.2) is 83.8 Å². The van der Waals surface area contributed by atoms with Gasteiger partial charge in [-0.2, -0.15) is 0 Å². The summed E-state index contributed by atoms with van der Waals surface area (Å²) in [6.07, 6.45) is 2.82. The van der Waals surface area contributed by atoms with Gasteiger partial charge >= 0.3 is 0 Å². The molecule has 0 saturated carbocycles. The maximum atomic E-state index is 13.5. The van der Waals surface area contributed by atoms with E-state index >= 15 is 0 Å². The van der Waals surface area contributed by atoms with E-state index in [0.717, 1.165) is 24.8 Å². The van der Waals surface area contributed by atoms with Crippen LogP contribution in [-0.4, -0.2) is 38.9 Å². The number of anilines is 1.